The van der Waals surface area contributed by atoms with Crippen molar-refractivity contribution in [2.24, 2.45) is 0 Å². The highest BCUT2D eigenvalue weighted by molar-refractivity contribution is 6.04. The Morgan fingerprint density at radius 3 is 1.64 bits per heavy atom. The molecule has 0 bridgehead atoms. The van der Waals surface area contributed by atoms with Crippen LogP contribution in [0.15, 0.2) is 30.3 Å². The first kappa shape index (κ1) is 21.2. The lowest BCUT2D eigenvalue weighted by atomic mass is 9.76. The fraction of sp³-hybridized carbons (Fsp3) is 0.619. The molecule has 0 heterocycles. The van der Waals surface area contributed by atoms with Crippen molar-refractivity contribution in [1.82, 2.24) is 0 Å². The van der Waals surface area contributed by atoms with Crippen LogP contribution in [0.25, 0.3) is 0 Å². The van der Waals surface area contributed by atoms with E-state index in [1.807, 2.05) is 0 Å². The molecule has 4 heteroatoms. The number of carboxylic acid groups (broad SMARTS) is 2. The van der Waals surface area contributed by atoms with Gasteiger partial charge in [0.15, 0.2) is 5.41 Å². The summed E-state index contributed by atoms with van der Waals surface area (Å²) < 4.78 is 0. The van der Waals surface area contributed by atoms with Crippen molar-refractivity contribution in [3.63, 3.8) is 0 Å². The molecular formula is C21H32O4. The molecule has 0 aliphatic carbocycles. The molecule has 0 aliphatic rings. The molecule has 0 fully saturated rings. The van der Waals surface area contributed by atoms with Crippen molar-refractivity contribution in [1.29, 1.82) is 0 Å². The van der Waals surface area contributed by atoms with Crippen molar-refractivity contribution in [3.8, 4) is 0 Å². The minimum Gasteiger partial charge on any atom is -0.480 e. The minimum absolute atomic E-state index is 0.137. The number of hydrogen-bond acceptors (Lipinski definition) is 2. The number of benzene rings is 1. The van der Waals surface area contributed by atoms with Crippen LogP contribution in [0.4, 0.5) is 0 Å². The zero-order chi connectivity index (χ0) is 18.5. The van der Waals surface area contributed by atoms with Gasteiger partial charge in [0.1, 0.15) is 0 Å². The standard InChI is InChI=1S/C21H32O4/c1-2-3-4-5-6-7-8-9-10-14-17-21(19(22)23,20(24)25)18-15-12-11-13-16-18/h11-13,15-16H,2-10,14,17H2,1H3,(H,22,23)(H,24,25). The van der Waals surface area contributed by atoms with Crippen molar-refractivity contribution in [2.75, 3.05) is 0 Å². The van der Waals surface area contributed by atoms with E-state index in [1.165, 1.54) is 38.5 Å². The van der Waals surface area contributed by atoms with Crippen LogP contribution < -0.4 is 0 Å². The van der Waals surface area contributed by atoms with Crippen LogP contribution in [0.1, 0.15) is 83.1 Å². The number of carboxylic acids is 2. The molecule has 25 heavy (non-hydrogen) atoms. The number of carbonyl (C=O) groups is 2. The molecular weight excluding hydrogens is 316 g/mol. The van der Waals surface area contributed by atoms with Gasteiger partial charge in [0.25, 0.3) is 0 Å². The number of unbranched alkanes of at least 4 members (excludes halogenated alkanes) is 9. The number of aliphatic carboxylic acids is 2. The van der Waals surface area contributed by atoms with Crippen LogP contribution in [0.5, 0.6) is 0 Å². The molecule has 1 rings (SSSR count). The van der Waals surface area contributed by atoms with Gasteiger partial charge < -0.3 is 10.2 Å². The molecule has 0 aliphatic heterocycles. The monoisotopic (exact) mass is 348 g/mol. The molecule has 0 unspecified atom stereocenters. The summed E-state index contributed by atoms with van der Waals surface area (Å²) in [5.74, 6) is -2.55. The Kier molecular flexibility index (Phi) is 9.90. The maximum absolute atomic E-state index is 11.8. The van der Waals surface area contributed by atoms with Crippen molar-refractivity contribution < 1.29 is 19.8 Å². The first-order chi connectivity index (χ1) is 12.1. The fourth-order valence-corrected chi connectivity index (χ4v) is 3.30. The quantitative estimate of drug-likeness (QED) is 0.348. The summed E-state index contributed by atoms with van der Waals surface area (Å²) in [5.41, 5.74) is -1.48. The second kappa shape index (κ2) is 11.7. The summed E-state index contributed by atoms with van der Waals surface area (Å²) in [6.07, 6.45) is 11.5. The summed E-state index contributed by atoms with van der Waals surface area (Å²) in [6, 6.07) is 8.33. The zero-order valence-electron chi connectivity index (χ0n) is 15.4. The van der Waals surface area contributed by atoms with Gasteiger partial charge in [-0.2, -0.15) is 0 Å². The average Bonchev–Trinajstić information content (AvgIpc) is 2.60. The van der Waals surface area contributed by atoms with Crippen molar-refractivity contribution in [2.45, 2.75) is 83.0 Å². The van der Waals surface area contributed by atoms with Gasteiger partial charge in [-0.15, -0.1) is 0 Å². The molecule has 140 valence electrons. The predicted octanol–water partition coefficient (Wildman–Crippen LogP) is 5.40. The van der Waals surface area contributed by atoms with Crippen molar-refractivity contribution >= 4 is 11.9 Å². The Morgan fingerprint density at radius 1 is 0.760 bits per heavy atom. The molecule has 0 spiro atoms. The topological polar surface area (TPSA) is 74.6 Å². The van der Waals surface area contributed by atoms with Crippen LogP contribution in [0.3, 0.4) is 0 Å². The summed E-state index contributed by atoms with van der Waals surface area (Å²) >= 11 is 0. The SMILES string of the molecule is CCCCCCCCCCCCC(C(=O)O)(C(=O)O)c1ccccc1. The second-order valence-electron chi connectivity index (χ2n) is 6.81. The Hall–Kier alpha value is -1.84. The van der Waals surface area contributed by atoms with Gasteiger partial charge in [0, 0.05) is 0 Å². The highest BCUT2D eigenvalue weighted by Gasteiger charge is 2.47. The lowest BCUT2D eigenvalue weighted by molar-refractivity contribution is -0.158. The fourth-order valence-electron chi connectivity index (χ4n) is 3.30. The van der Waals surface area contributed by atoms with E-state index in [4.69, 9.17) is 0 Å². The predicted molar refractivity (Wildman–Crippen MR) is 99.9 cm³/mol. The van der Waals surface area contributed by atoms with Gasteiger partial charge in [-0.05, 0) is 12.0 Å². The Labute approximate surface area is 151 Å². The average molecular weight is 348 g/mol. The van der Waals surface area contributed by atoms with E-state index in [1.54, 1.807) is 30.3 Å². The first-order valence-corrected chi connectivity index (χ1v) is 9.58. The molecule has 2 N–H and O–H groups in total. The molecule has 1 aromatic carbocycles. The highest BCUT2D eigenvalue weighted by Crippen LogP contribution is 2.31. The zero-order valence-corrected chi connectivity index (χ0v) is 15.4. The van der Waals surface area contributed by atoms with Gasteiger partial charge in [-0.3, -0.25) is 9.59 Å². The van der Waals surface area contributed by atoms with E-state index in [0.29, 0.717) is 12.0 Å². The molecule has 0 radical (unpaired) electrons. The van der Waals surface area contributed by atoms with Crippen LogP contribution in [-0.4, -0.2) is 22.2 Å². The Morgan fingerprint density at radius 2 is 1.20 bits per heavy atom. The van der Waals surface area contributed by atoms with Crippen molar-refractivity contribution in [3.05, 3.63) is 35.9 Å². The van der Waals surface area contributed by atoms with E-state index < -0.39 is 17.4 Å². The molecule has 0 saturated heterocycles. The maximum atomic E-state index is 11.8. The van der Waals surface area contributed by atoms with E-state index in [9.17, 15) is 19.8 Å². The lowest BCUT2D eigenvalue weighted by Crippen LogP contribution is -2.43. The van der Waals surface area contributed by atoms with Crippen LogP contribution in [0, 0.1) is 0 Å². The van der Waals surface area contributed by atoms with E-state index in [0.717, 1.165) is 19.3 Å². The highest BCUT2D eigenvalue weighted by atomic mass is 16.4. The first-order valence-electron chi connectivity index (χ1n) is 9.58. The van der Waals surface area contributed by atoms with Gasteiger partial charge in [0.05, 0.1) is 0 Å². The van der Waals surface area contributed by atoms with Crippen LogP contribution >= 0.6 is 0 Å². The number of rotatable bonds is 14. The summed E-state index contributed by atoms with van der Waals surface area (Å²) in [5, 5.41) is 19.2. The molecule has 0 aromatic heterocycles. The normalized spacial score (nSPS) is 11.4. The maximum Gasteiger partial charge on any atom is 0.325 e. The van der Waals surface area contributed by atoms with Gasteiger partial charge in [-0.1, -0.05) is 101 Å². The van der Waals surface area contributed by atoms with E-state index in [2.05, 4.69) is 6.92 Å². The van der Waals surface area contributed by atoms with Gasteiger partial charge in [-0.25, -0.2) is 0 Å². The summed E-state index contributed by atoms with van der Waals surface area (Å²) in [7, 11) is 0. The number of hydrogen-bond donors (Lipinski definition) is 2. The van der Waals surface area contributed by atoms with Gasteiger partial charge >= 0.3 is 11.9 Å². The smallest absolute Gasteiger partial charge is 0.325 e. The molecule has 0 saturated carbocycles. The molecule has 4 nitrogen and oxygen atoms in total. The molecule has 0 amide bonds. The second-order valence-corrected chi connectivity index (χ2v) is 6.81. The summed E-state index contributed by atoms with van der Waals surface area (Å²) in [6.45, 7) is 2.21. The third-order valence-corrected chi connectivity index (χ3v) is 4.90. The van der Waals surface area contributed by atoms with Crippen LogP contribution in [0.2, 0.25) is 0 Å². The van der Waals surface area contributed by atoms with E-state index >= 15 is 0 Å². The molecule has 0 atom stereocenters. The largest absolute Gasteiger partial charge is 0.480 e. The Bertz CT molecular complexity index is 496. The van der Waals surface area contributed by atoms with Gasteiger partial charge in [0.2, 0.25) is 0 Å². The van der Waals surface area contributed by atoms with E-state index in [-0.39, 0.29) is 6.42 Å². The summed E-state index contributed by atoms with van der Waals surface area (Å²) in [4.78, 5) is 23.5. The third-order valence-electron chi connectivity index (χ3n) is 4.90. The minimum atomic E-state index is -1.83. The Balaban J connectivity index is 2.43. The molecule has 1 aromatic rings. The van der Waals surface area contributed by atoms with Crippen LogP contribution in [-0.2, 0) is 15.0 Å². The third kappa shape index (κ3) is 6.52. The lowest BCUT2D eigenvalue weighted by Gasteiger charge is -2.25.